The first-order valence-corrected chi connectivity index (χ1v) is 9.74. The van der Waals surface area contributed by atoms with Crippen molar-refractivity contribution >= 4 is 23.3 Å². The highest BCUT2D eigenvalue weighted by molar-refractivity contribution is 6.01. The van der Waals surface area contributed by atoms with E-state index in [1.165, 1.54) is 0 Å². The normalized spacial score (nSPS) is 17.4. The zero-order valence-electron chi connectivity index (χ0n) is 15.6. The number of carbonyl (C=O) groups excluding carboxylic acids is 2. The number of unbranched alkanes of at least 4 members (excludes halogenated alkanes) is 1. The molecule has 0 aromatic carbocycles. The number of hydrogen-bond acceptors (Lipinski definition) is 5. The summed E-state index contributed by atoms with van der Waals surface area (Å²) in [5, 5.41) is 6.21. The Morgan fingerprint density at radius 3 is 2.62 bits per heavy atom. The Hall–Kier alpha value is -2.15. The number of likely N-dealkylation sites (tertiary alicyclic amines) is 1. The molecular formula is C19H29N5O2. The molecule has 3 heterocycles. The molecule has 2 aliphatic rings. The maximum absolute atomic E-state index is 13.1. The van der Waals surface area contributed by atoms with Crippen molar-refractivity contribution in [1.82, 2.24) is 15.2 Å². The number of anilines is 2. The summed E-state index contributed by atoms with van der Waals surface area (Å²) in [6.07, 6.45) is 6.10. The topological polar surface area (TPSA) is 77.6 Å². The van der Waals surface area contributed by atoms with E-state index < -0.39 is 0 Å². The molecule has 1 aromatic heterocycles. The molecule has 26 heavy (non-hydrogen) atoms. The average Bonchev–Trinajstić information content (AvgIpc) is 3.21. The number of piperazine rings is 1. The Bertz CT molecular complexity index is 637. The molecular weight excluding hydrogens is 330 g/mol. The Kier molecular flexibility index (Phi) is 6.44. The lowest BCUT2D eigenvalue weighted by Crippen LogP contribution is -2.45. The van der Waals surface area contributed by atoms with E-state index in [1.54, 1.807) is 12.3 Å². The van der Waals surface area contributed by atoms with Crippen LogP contribution in [0.1, 0.15) is 49.4 Å². The highest BCUT2D eigenvalue weighted by Gasteiger charge is 2.26. The Morgan fingerprint density at radius 2 is 1.92 bits per heavy atom. The Balaban J connectivity index is 1.83. The maximum atomic E-state index is 13.1. The van der Waals surface area contributed by atoms with Gasteiger partial charge >= 0.3 is 0 Å². The lowest BCUT2D eigenvalue weighted by molar-refractivity contribution is -0.116. The third-order valence-corrected chi connectivity index (χ3v) is 4.95. The molecule has 0 unspecified atom stereocenters. The summed E-state index contributed by atoms with van der Waals surface area (Å²) in [4.78, 5) is 33.7. The first-order chi connectivity index (χ1) is 12.7. The molecule has 0 radical (unpaired) electrons. The predicted molar refractivity (Wildman–Crippen MR) is 103 cm³/mol. The largest absolute Gasteiger partial charge is 0.353 e. The van der Waals surface area contributed by atoms with Crippen LogP contribution in [0.15, 0.2) is 12.3 Å². The molecule has 7 nitrogen and oxygen atoms in total. The van der Waals surface area contributed by atoms with Crippen molar-refractivity contribution in [2.45, 2.75) is 39.0 Å². The summed E-state index contributed by atoms with van der Waals surface area (Å²) in [5.74, 6) is 0.728. The molecule has 142 valence electrons. The van der Waals surface area contributed by atoms with Crippen LogP contribution in [0.3, 0.4) is 0 Å². The summed E-state index contributed by atoms with van der Waals surface area (Å²) in [7, 11) is 0. The lowest BCUT2D eigenvalue weighted by atomic mass is 10.1. The Morgan fingerprint density at radius 1 is 1.19 bits per heavy atom. The minimum atomic E-state index is -0.0249. The molecule has 2 saturated heterocycles. The van der Waals surface area contributed by atoms with Crippen LogP contribution in [-0.2, 0) is 4.79 Å². The molecule has 2 aliphatic heterocycles. The molecule has 1 aromatic rings. The van der Waals surface area contributed by atoms with Crippen molar-refractivity contribution in [3.05, 3.63) is 17.8 Å². The number of hydrogen-bond donors (Lipinski definition) is 2. The maximum Gasteiger partial charge on any atom is 0.257 e. The zero-order valence-corrected chi connectivity index (χ0v) is 15.6. The van der Waals surface area contributed by atoms with Gasteiger partial charge in [-0.25, -0.2) is 4.98 Å². The summed E-state index contributed by atoms with van der Waals surface area (Å²) >= 11 is 0. The van der Waals surface area contributed by atoms with E-state index in [0.29, 0.717) is 17.7 Å². The molecule has 0 aliphatic carbocycles. The molecule has 0 atom stereocenters. The number of amides is 2. The van der Waals surface area contributed by atoms with E-state index in [0.717, 1.165) is 70.8 Å². The van der Waals surface area contributed by atoms with Crippen LogP contribution in [0.4, 0.5) is 11.5 Å². The summed E-state index contributed by atoms with van der Waals surface area (Å²) in [6.45, 7) is 7.08. The molecule has 2 fully saturated rings. The number of aromatic nitrogens is 1. The van der Waals surface area contributed by atoms with E-state index >= 15 is 0 Å². The number of nitrogens with zero attached hydrogens (tertiary/aromatic N) is 3. The molecule has 3 rings (SSSR count). The van der Waals surface area contributed by atoms with E-state index in [1.807, 2.05) is 4.90 Å². The first-order valence-electron chi connectivity index (χ1n) is 9.74. The van der Waals surface area contributed by atoms with Crippen LogP contribution in [0.2, 0.25) is 0 Å². The van der Waals surface area contributed by atoms with Crippen molar-refractivity contribution in [2.24, 2.45) is 0 Å². The van der Waals surface area contributed by atoms with Crippen LogP contribution in [0.25, 0.3) is 0 Å². The number of pyridine rings is 1. The van der Waals surface area contributed by atoms with Gasteiger partial charge in [0.05, 0.1) is 17.4 Å². The van der Waals surface area contributed by atoms with Gasteiger partial charge in [-0.1, -0.05) is 13.3 Å². The van der Waals surface area contributed by atoms with Crippen LogP contribution < -0.4 is 15.5 Å². The van der Waals surface area contributed by atoms with Crippen molar-refractivity contribution in [3.63, 3.8) is 0 Å². The summed E-state index contributed by atoms with van der Waals surface area (Å²) < 4.78 is 0. The van der Waals surface area contributed by atoms with Gasteiger partial charge in [-0.05, 0) is 25.3 Å². The number of carbonyl (C=O) groups is 2. The second-order valence-corrected chi connectivity index (χ2v) is 6.98. The fraction of sp³-hybridized carbons (Fsp3) is 0.632. The minimum absolute atomic E-state index is 0.0215. The predicted octanol–water partition coefficient (Wildman–Crippen LogP) is 1.86. The van der Waals surface area contributed by atoms with Crippen LogP contribution >= 0.6 is 0 Å². The summed E-state index contributed by atoms with van der Waals surface area (Å²) in [6, 6.07) is 1.80. The SMILES string of the molecule is CCCCC(=O)Nc1cnc(N2CCNCC2)c(C(=O)N2CCCC2)c1. The van der Waals surface area contributed by atoms with Gasteiger partial charge < -0.3 is 20.4 Å². The smallest absolute Gasteiger partial charge is 0.257 e. The standard InChI is InChI=1S/C19H29N5O2/c1-2-3-6-17(25)22-15-13-16(19(26)24-9-4-5-10-24)18(21-14-15)23-11-7-20-8-12-23/h13-14,20H,2-12H2,1H3,(H,22,25). The van der Waals surface area contributed by atoms with Crippen LogP contribution in [0.5, 0.6) is 0 Å². The quantitative estimate of drug-likeness (QED) is 0.811. The highest BCUT2D eigenvalue weighted by atomic mass is 16.2. The fourth-order valence-electron chi connectivity index (χ4n) is 3.46. The van der Waals surface area contributed by atoms with Gasteiger partial charge in [0.15, 0.2) is 0 Å². The number of nitrogens with one attached hydrogen (secondary N) is 2. The molecule has 0 saturated carbocycles. The first kappa shape index (κ1) is 18.6. The minimum Gasteiger partial charge on any atom is -0.353 e. The lowest BCUT2D eigenvalue weighted by Gasteiger charge is -2.30. The van der Waals surface area contributed by atoms with Gasteiger partial charge in [0.1, 0.15) is 5.82 Å². The third kappa shape index (κ3) is 4.52. The van der Waals surface area contributed by atoms with Gasteiger partial charge in [0, 0.05) is 45.7 Å². The molecule has 2 amide bonds. The average molecular weight is 359 g/mol. The Labute approximate surface area is 155 Å². The fourth-order valence-corrected chi connectivity index (χ4v) is 3.46. The molecule has 7 heteroatoms. The molecule has 0 spiro atoms. The van der Waals surface area contributed by atoms with E-state index in [9.17, 15) is 9.59 Å². The zero-order chi connectivity index (χ0) is 18.4. The monoisotopic (exact) mass is 359 g/mol. The van der Waals surface area contributed by atoms with Crippen molar-refractivity contribution in [1.29, 1.82) is 0 Å². The van der Waals surface area contributed by atoms with Gasteiger partial charge in [-0.15, -0.1) is 0 Å². The van der Waals surface area contributed by atoms with E-state index in [-0.39, 0.29) is 11.8 Å². The molecule has 2 N–H and O–H groups in total. The summed E-state index contributed by atoms with van der Waals surface area (Å²) in [5.41, 5.74) is 1.20. The van der Waals surface area contributed by atoms with Crippen molar-refractivity contribution in [3.8, 4) is 0 Å². The van der Waals surface area contributed by atoms with E-state index in [2.05, 4.69) is 27.4 Å². The van der Waals surface area contributed by atoms with Crippen LogP contribution in [-0.4, -0.2) is 61.0 Å². The molecule has 0 bridgehead atoms. The van der Waals surface area contributed by atoms with E-state index in [4.69, 9.17) is 0 Å². The van der Waals surface area contributed by atoms with Gasteiger partial charge in [-0.2, -0.15) is 0 Å². The number of rotatable bonds is 6. The second-order valence-electron chi connectivity index (χ2n) is 6.98. The van der Waals surface area contributed by atoms with Gasteiger partial charge in [-0.3, -0.25) is 9.59 Å². The second kappa shape index (κ2) is 8.98. The van der Waals surface area contributed by atoms with Gasteiger partial charge in [0.2, 0.25) is 5.91 Å². The highest BCUT2D eigenvalue weighted by Crippen LogP contribution is 2.25. The van der Waals surface area contributed by atoms with Crippen LogP contribution in [0, 0.1) is 0 Å². The van der Waals surface area contributed by atoms with Crippen molar-refractivity contribution < 1.29 is 9.59 Å². The van der Waals surface area contributed by atoms with Crippen molar-refractivity contribution in [2.75, 3.05) is 49.5 Å². The van der Waals surface area contributed by atoms with Gasteiger partial charge in [0.25, 0.3) is 5.91 Å². The third-order valence-electron chi connectivity index (χ3n) is 4.95.